The summed E-state index contributed by atoms with van der Waals surface area (Å²) in [4.78, 5) is 4.94. The van der Waals surface area contributed by atoms with Crippen LogP contribution in [0, 0.1) is 0 Å². The Kier molecular flexibility index (Phi) is 5.92. The number of ether oxygens (including phenoxy) is 3. The lowest BCUT2D eigenvalue weighted by atomic mass is 10.0. The molecule has 1 atom stereocenters. The molecule has 5 nitrogen and oxygen atoms in total. The van der Waals surface area contributed by atoms with E-state index in [1.165, 1.54) is 11.1 Å². The van der Waals surface area contributed by atoms with Crippen molar-refractivity contribution in [2.75, 3.05) is 46.7 Å². The van der Waals surface area contributed by atoms with Gasteiger partial charge in [0.25, 0.3) is 0 Å². The smallest absolute Gasteiger partial charge is 0.231 e. The van der Waals surface area contributed by atoms with Crippen LogP contribution in [0.15, 0.2) is 48.5 Å². The summed E-state index contributed by atoms with van der Waals surface area (Å²) in [7, 11) is 2.20. The number of fused-ring (bicyclic) bond motifs is 1. The number of hydrogen-bond acceptors (Lipinski definition) is 5. The second-order valence-corrected chi connectivity index (χ2v) is 7.29. The van der Waals surface area contributed by atoms with Gasteiger partial charge in [-0.05, 0) is 43.3 Å². The predicted molar refractivity (Wildman–Crippen MR) is 105 cm³/mol. The Bertz CT molecular complexity index is 732. The Labute approximate surface area is 161 Å². The molecule has 2 heterocycles. The van der Waals surface area contributed by atoms with Gasteiger partial charge >= 0.3 is 0 Å². The fourth-order valence-corrected chi connectivity index (χ4v) is 3.89. The van der Waals surface area contributed by atoms with E-state index < -0.39 is 0 Å². The second-order valence-electron chi connectivity index (χ2n) is 7.29. The average Bonchev–Trinajstić information content (AvgIpc) is 3.18. The van der Waals surface area contributed by atoms with Crippen molar-refractivity contribution in [1.29, 1.82) is 0 Å². The van der Waals surface area contributed by atoms with Gasteiger partial charge in [0.1, 0.15) is 0 Å². The number of nitrogens with zero attached hydrogens (tertiary/aromatic N) is 2. The Morgan fingerprint density at radius 2 is 1.78 bits per heavy atom. The van der Waals surface area contributed by atoms with E-state index in [1.54, 1.807) is 0 Å². The predicted octanol–water partition coefficient (Wildman–Crippen LogP) is 3.31. The Morgan fingerprint density at radius 3 is 2.59 bits per heavy atom. The number of hydrogen-bond donors (Lipinski definition) is 0. The third kappa shape index (κ3) is 4.61. The summed E-state index contributed by atoms with van der Waals surface area (Å²) in [6, 6.07) is 17.4. The normalized spacial score (nSPS) is 18.0. The second kappa shape index (κ2) is 8.74. The molecule has 0 amide bonds. The first-order valence-corrected chi connectivity index (χ1v) is 9.73. The summed E-state index contributed by atoms with van der Waals surface area (Å²) in [5.41, 5.74) is 2.65. The van der Waals surface area contributed by atoms with Crippen LogP contribution in [0.5, 0.6) is 11.5 Å². The van der Waals surface area contributed by atoms with Crippen molar-refractivity contribution < 1.29 is 14.2 Å². The van der Waals surface area contributed by atoms with Gasteiger partial charge in [-0.25, -0.2) is 0 Å². The Morgan fingerprint density at radius 1 is 1.00 bits per heavy atom. The molecule has 0 aromatic heterocycles. The molecule has 0 N–H and O–H groups in total. The molecule has 4 rings (SSSR count). The van der Waals surface area contributed by atoms with Gasteiger partial charge in [0.2, 0.25) is 6.79 Å². The lowest BCUT2D eigenvalue weighted by Crippen LogP contribution is -2.40. The maximum Gasteiger partial charge on any atom is 0.231 e. The Balaban J connectivity index is 1.45. The molecule has 2 aliphatic rings. The molecule has 0 saturated carbocycles. The molecule has 0 spiro atoms. The standard InChI is InChI=1S/C22H28N2O3/c1-23(16-18-5-3-2-4-6-18)10-9-20(24-11-13-25-14-12-24)19-7-8-21-22(15-19)27-17-26-21/h2-8,15,20H,9-14,16-17H2,1H3. The Hall–Kier alpha value is -2.08. The van der Waals surface area contributed by atoms with Gasteiger partial charge in [-0.2, -0.15) is 0 Å². The van der Waals surface area contributed by atoms with Crippen molar-refractivity contribution in [2.45, 2.75) is 19.0 Å². The molecule has 5 heteroatoms. The molecule has 2 aromatic carbocycles. The van der Waals surface area contributed by atoms with Gasteiger partial charge in [-0.3, -0.25) is 4.90 Å². The number of rotatable bonds is 7. The lowest BCUT2D eigenvalue weighted by Gasteiger charge is -2.35. The van der Waals surface area contributed by atoms with E-state index in [4.69, 9.17) is 14.2 Å². The van der Waals surface area contributed by atoms with Crippen LogP contribution in [0.1, 0.15) is 23.6 Å². The fourth-order valence-electron chi connectivity index (χ4n) is 3.89. The van der Waals surface area contributed by atoms with Crippen LogP contribution in [0.4, 0.5) is 0 Å². The summed E-state index contributed by atoms with van der Waals surface area (Å²) >= 11 is 0. The van der Waals surface area contributed by atoms with Crippen molar-refractivity contribution in [3.05, 3.63) is 59.7 Å². The van der Waals surface area contributed by atoms with E-state index in [-0.39, 0.29) is 0 Å². The van der Waals surface area contributed by atoms with Crippen LogP contribution in [0.2, 0.25) is 0 Å². The van der Waals surface area contributed by atoms with Crippen LogP contribution in [0.3, 0.4) is 0 Å². The topological polar surface area (TPSA) is 34.2 Å². The van der Waals surface area contributed by atoms with E-state index in [0.717, 1.165) is 57.3 Å². The summed E-state index contributed by atoms with van der Waals surface area (Å²) in [5, 5.41) is 0. The molecule has 27 heavy (non-hydrogen) atoms. The maximum atomic E-state index is 5.61. The molecule has 0 aliphatic carbocycles. The number of morpholine rings is 1. The van der Waals surface area contributed by atoms with E-state index in [1.807, 2.05) is 6.07 Å². The third-order valence-corrected chi connectivity index (χ3v) is 5.35. The molecule has 2 aromatic rings. The van der Waals surface area contributed by atoms with Crippen LogP contribution in [-0.4, -0.2) is 56.5 Å². The summed E-state index contributed by atoms with van der Waals surface area (Å²) < 4.78 is 16.7. The zero-order valence-corrected chi connectivity index (χ0v) is 16.0. The molecule has 2 aliphatic heterocycles. The van der Waals surface area contributed by atoms with E-state index >= 15 is 0 Å². The van der Waals surface area contributed by atoms with Crippen molar-refractivity contribution in [3.8, 4) is 11.5 Å². The van der Waals surface area contributed by atoms with Gasteiger partial charge in [0, 0.05) is 25.7 Å². The van der Waals surface area contributed by atoms with Crippen molar-refractivity contribution in [3.63, 3.8) is 0 Å². The van der Waals surface area contributed by atoms with Crippen molar-refractivity contribution >= 4 is 0 Å². The van der Waals surface area contributed by atoms with Gasteiger partial charge in [-0.1, -0.05) is 36.4 Å². The van der Waals surface area contributed by atoms with Crippen LogP contribution >= 0.6 is 0 Å². The molecule has 1 saturated heterocycles. The molecule has 0 bridgehead atoms. The summed E-state index contributed by atoms with van der Waals surface area (Å²) in [6.07, 6.45) is 1.07. The third-order valence-electron chi connectivity index (χ3n) is 5.35. The van der Waals surface area contributed by atoms with Crippen molar-refractivity contribution in [1.82, 2.24) is 9.80 Å². The zero-order chi connectivity index (χ0) is 18.5. The first-order valence-electron chi connectivity index (χ1n) is 9.73. The summed E-state index contributed by atoms with van der Waals surface area (Å²) in [6.45, 7) is 5.88. The highest BCUT2D eigenvalue weighted by molar-refractivity contribution is 5.45. The highest BCUT2D eigenvalue weighted by atomic mass is 16.7. The largest absolute Gasteiger partial charge is 0.454 e. The summed E-state index contributed by atoms with van der Waals surface area (Å²) in [5.74, 6) is 1.71. The SMILES string of the molecule is CN(CCC(c1ccc2c(c1)OCO2)N1CCOCC1)Cc1ccccc1. The molecule has 144 valence electrons. The lowest BCUT2D eigenvalue weighted by molar-refractivity contribution is 0.0124. The van der Waals surface area contributed by atoms with Crippen LogP contribution in [-0.2, 0) is 11.3 Å². The van der Waals surface area contributed by atoms with Gasteiger partial charge in [0.15, 0.2) is 11.5 Å². The average molecular weight is 368 g/mol. The zero-order valence-electron chi connectivity index (χ0n) is 16.0. The number of benzene rings is 2. The molecular weight excluding hydrogens is 340 g/mol. The fraction of sp³-hybridized carbons (Fsp3) is 0.455. The molecule has 1 unspecified atom stereocenters. The first kappa shape index (κ1) is 18.3. The van der Waals surface area contributed by atoms with Gasteiger partial charge in [-0.15, -0.1) is 0 Å². The van der Waals surface area contributed by atoms with E-state index in [2.05, 4.69) is 59.3 Å². The van der Waals surface area contributed by atoms with Gasteiger partial charge in [0.05, 0.1) is 13.2 Å². The van der Waals surface area contributed by atoms with Crippen LogP contribution < -0.4 is 9.47 Å². The van der Waals surface area contributed by atoms with Crippen LogP contribution in [0.25, 0.3) is 0 Å². The first-order chi connectivity index (χ1) is 13.3. The highest BCUT2D eigenvalue weighted by Crippen LogP contribution is 2.36. The quantitative estimate of drug-likeness (QED) is 0.749. The molecular formula is C22H28N2O3. The van der Waals surface area contributed by atoms with Crippen molar-refractivity contribution in [2.24, 2.45) is 0 Å². The maximum absolute atomic E-state index is 5.61. The molecule has 1 fully saturated rings. The minimum absolute atomic E-state index is 0.320. The monoisotopic (exact) mass is 368 g/mol. The van der Waals surface area contributed by atoms with E-state index in [9.17, 15) is 0 Å². The highest BCUT2D eigenvalue weighted by Gasteiger charge is 2.25. The minimum Gasteiger partial charge on any atom is -0.454 e. The van der Waals surface area contributed by atoms with Gasteiger partial charge < -0.3 is 19.1 Å². The minimum atomic E-state index is 0.320. The molecule has 0 radical (unpaired) electrons. The van der Waals surface area contributed by atoms with E-state index in [0.29, 0.717) is 12.8 Å².